The van der Waals surface area contributed by atoms with E-state index in [4.69, 9.17) is 0 Å². The number of para-hydroxylation sites is 1. The van der Waals surface area contributed by atoms with E-state index in [1.807, 2.05) is 11.9 Å². The molecule has 0 saturated carbocycles. The minimum absolute atomic E-state index is 0.122. The summed E-state index contributed by atoms with van der Waals surface area (Å²) in [5, 5.41) is 14.7. The van der Waals surface area contributed by atoms with Crippen LogP contribution in [0.3, 0.4) is 0 Å². The van der Waals surface area contributed by atoms with Gasteiger partial charge in [-0.3, -0.25) is 4.90 Å². The summed E-state index contributed by atoms with van der Waals surface area (Å²) in [6.07, 6.45) is -3.49. The average molecular weight is 413 g/mol. The van der Waals surface area contributed by atoms with Crippen molar-refractivity contribution in [1.29, 1.82) is 0 Å². The molecule has 1 aromatic carbocycles. The Hall–Kier alpha value is -2.37. The summed E-state index contributed by atoms with van der Waals surface area (Å²) < 4.78 is 44.5. The first-order chi connectivity index (χ1) is 13.3. The second-order valence-electron chi connectivity index (χ2n) is 6.57. The monoisotopic (exact) mass is 413 g/mol. The van der Waals surface area contributed by atoms with E-state index in [-0.39, 0.29) is 11.6 Å². The van der Waals surface area contributed by atoms with Gasteiger partial charge in [0, 0.05) is 31.7 Å². The molecule has 150 valence electrons. The number of nitrogens with zero attached hydrogens (tertiary/aromatic N) is 5. The van der Waals surface area contributed by atoms with Crippen LogP contribution in [0.1, 0.15) is 16.5 Å². The van der Waals surface area contributed by atoms with Gasteiger partial charge in [0.25, 0.3) is 0 Å². The molecule has 0 spiro atoms. The highest BCUT2D eigenvalue weighted by Gasteiger charge is 2.36. The molecule has 3 aromatic rings. The fraction of sp³-hybridized carbons (Fsp3) is 0.412. The maximum Gasteiger partial charge on any atom is 0.573 e. The molecule has 2 aromatic heterocycles. The number of thiazole rings is 1. The van der Waals surface area contributed by atoms with Gasteiger partial charge in [-0.25, -0.2) is 4.98 Å². The SMILES string of the molecule is CN1CCN([C@@H](c2ccccc2OC(F)(F)F)c2sc3ncnn3c2O)CC1. The number of likely N-dealkylation sites (N-methyl/N-ethyl adjacent to an activating group) is 1. The minimum atomic E-state index is -4.81. The predicted octanol–water partition coefficient (Wildman–Crippen LogP) is 2.73. The van der Waals surface area contributed by atoms with Gasteiger partial charge in [0.2, 0.25) is 10.8 Å². The molecule has 4 rings (SSSR count). The third-order valence-electron chi connectivity index (χ3n) is 4.73. The lowest BCUT2D eigenvalue weighted by molar-refractivity contribution is -0.275. The Morgan fingerprint density at radius 1 is 1.18 bits per heavy atom. The Morgan fingerprint density at radius 3 is 2.57 bits per heavy atom. The van der Waals surface area contributed by atoms with Crippen molar-refractivity contribution in [2.45, 2.75) is 12.4 Å². The van der Waals surface area contributed by atoms with Gasteiger partial charge in [0.05, 0.1) is 10.9 Å². The summed E-state index contributed by atoms with van der Waals surface area (Å²) in [6, 6.07) is 5.43. The smallest absolute Gasteiger partial charge is 0.492 e. The molecule has 28 heavy (non-hydrogen) atoms. The first kappa shape index (κ1) is 19.0. The Labute approximate surface area is 162 Å². The highest BCUT2D eigenvalue weighted by Crippen LogP contribution is 2.43. The zero-order valence-corrected chi connectivity index (χ0v) is 15.7. The third kappa shape index (κ3) is 3.64. The normalized spacial score (nSPS) is 17.9. The van der Waals surface area contributed by atoms with Crippen LogP contribution in [0.5, 0.6) is 11.6 Å². The molecule has 1 aliphatic rings. The molecular weight excluding hydrogens is 395 g/mol. The van der Waals surface area contributed by atoms with Crippen LogP contribution < -0.4 is 4.74 Å². The fourth-order valence-corrected chi connectivity index (χ4v) is 4.46. The van der Waals surface area contributed by atoms with Crippen molar-refractivity contribution in [1.82, 2.24) is 24.4 Å². The van der Waals surface area contributed by atoms with Crippen molar-refractivity contribution in [3.8, 4) is 11.6 Å². The van der Waals surface area contributed by atoms with E-state index in [2.05, 4.69) is 19.7 Å². The molecule has 0 amide bonds. The van der Waals surface area contributed by atoms with Crippen LogP contribution in [0.25, 0.3) is 4.96 Å². The molecule has 1 fully saturated rings. The van der Waals surface area contributed by atoms with Gasteiger partial charge in [-0.05, 0) is 13.1 Å². The van der Waals surface area contributed by atoms with Crippen LogP contribution in [0.15, 0.2) is 30.6 Å². The minimum Gasteiger partial charge on any atom is -0.492 e. The number of ether oxygens (including phenoxy) is 1. The molecule has 1 N–H and O–H groups in total. The summed E-state index contributed by atoms with van der Waals surface area (Å²) in [4.78, 5) is 9.24. The average Bonchev–Trinajstić information content (AvgIpc) is 3.21. The zero-order chi connectivity index (χ0) is 19.9. The van der Waals surface area contributed by atoms with Crippen LogP contribution in [-0.4, -0.2) is 69.1 Å². The van der Waals surface area contributed by atoms with Crippen LogP contribution in [-0.2, 0) is 0 Å². The molecule has 0 unspecified atom stereocenters. The number of benzene rings is 1. The Kier molecular flexibility index (Phi) is 4.89. The number of aromatic nitrogens is 3. The zero-order valence-electron chi connectivity index (χ0n) is 14.9. The molecule has 7 nitrogen and oxygen atoms in total. The lowest BCUT2D eigenvalue weighted by Gasteiger charge is -2.38. The summed E-state index contributed by atoms with van der Waals surface area (Å²) in [5.74, 6) is -0.402. The first-order valence-corrected chi connectivity index (χ1v) is 9.44. The second kappa shape index (κ2) is 7.22. The van der Waals surface area contributed by atoms with Gasteiger partial charge in [0.15, 0.2) is 0 Å². The van der Waals surface area contributed by atoms with Gasteiger partial charge < -0.3 is 14.7 Å². The second-order valence-corrected chi connectivity index (χ2v) is 7.58. The quantitative estimate of drug-likeness (QED) is 0.710. The van der Waals surface area contributed by atoms with E-state index in [9.17, 15) is 18.3 Å². The number of hydrogen-bond acceptors (Lipinski definition) is 7. The van der Waals surface area contributed by atoms with Crippen molar-refractivity contribution >= 4 is 16.3 Å². The Bertz CT molecular complexity index is 965. The number of alkyl halides is 3. The lowest BCUT2D eigenvalue weighted by atomic mass is 10.0. The van der Waals surface area contributed by atoms with Gasteiger partial charge in [-0.15, -0.1) is 13.2 Å². The number of rotatable bonds is 4. The van der Waals surface area contributed by atoms with Crippen LogP contribution in [0.4, 0.5) is 13.2 Å². The first-order valence-electron chi connectivity index (χ1n) is 8.62. The van der Waals surface area contributed by atoms with Crippen LogP contribution in [0.2, 0.25) is 0 Å². The van der Waals surface area contributed by atoms with Crippen molar-refractivity contribution < 1.29 is 23.0 Å². The summed E-state index contributed by atoms with van der Waals surface area (Å²) in [7, 11) is 1.99. The Balaban J connectivity index is 1.82. The molecule has 0 radical (unpaired) electrons. The molecule has 3 heterocycles. The fourth-order valence-electron chi connectivity index (χ4n) is 3.38. The highest BCUT2D eigenvalue weighted by atomic mass is 32.1. The number of hydrogen-bond donors (Lipinski definition) is 1. The van der Waals surface area contributed by atoms with Crippen molar-refractivity contribution in [3.63, 3.8) is 0 Å². The Morgan fingerprint density at radius 2 is 1.89 bits per heavy atom. The molecule has 0 bridgehead atoms. The molecule has 1 atom stereocenters. The van der Waals surface area contributed by atoms with E-state index in [1.54, 1.807) is 12.1 Å². The topological polar surface area (TPSA) is 66.1 Å². The van der Waals surface area contributed by atoms with Gasteiger partial charge in [-0.1, -0.05) is 29.5 Å². The van der Waals surface area contributed by atoms with Crippen molar-refractivity contribution in [2.24, 2.45) is 0 Å². The van der Waals surface area contributed by atoms with E-state index >= 15 is 0 Å². The summed E-state index contributed by atoms with van der Waals surface area (Å²) in [6.45, 7) is 2.80. The number of piperazine rings is 1. The number of aromatic hydroxyl groups is 1. The highest BCUT2D eigenvalue weighted by molar-refractivity contribution is 7.17. The molecular formula is C17H18F3N5O2S. The van der Waals surface area contributed by atoms with E-state index < -0.39 is 12.4 Å². The standard InChI is InChI=1S/C17H18F3N5O2S/c1-23-6-8-24(9-7-23)13(14-15(26)25-16(28-14)21-10-22-25)11-4-2-3-5-12(11)27-17(18,19)20/h2-5,10,13,26H,6-9H2,1H3/t13-/m0/s1. The molecule has 1 saturated heterocycles. The molecule has 0 aliphatic carbocycles. The summed E-state index contributed by atoms with van der Waals surface area (Å²) >= 11 is 1.20. The van der Waals surface area contributed by atoms with Gasteiger partial charge in [0.1, 0.15) is 12.1 Å². The van der Waals surface area contributed by atoms with E-state index in [0.717, 1.165) is 13.1 Å². The van der Waals surface area contributed by atoms with E-state index in [1.165, 1.54) is 34.3 Å². The predicted molar refractivity (Wildman–Crippen MR) is 96.6 cm³/mol. The third-order valence-corrected chi connectivity index (χ3v) is 5.82. The summed E-state index contributed by atoms with van der Waals surface area (Å²) in [5.41, 5.74) is 0.337. The van der Waals surface area contributed by atoms with E-state index in [0.29, 0.717) is 28.5 Å². The maximum atomic E-state index is 13.0. The van der Waals surface area contributed by atoms with Crippen molar-refractivity contribution in [3.05, 3.63) is 41.0 Å². The lowest BCUT2D eigenvalue weighted by Crippen LogP contribution is -2.46. The van der Waals surface area contributed by atoms with Crippen molar-refractivity contribution in [2.75, 3.05) is 33.2 Å². The van der Waals surface area contributed by atoms with Crippen LogP contribution >= 0.6 is 11.3 Å². The van der Waals surface area contributed by atoms with Gasteiger partial charge in [-0.2, -0.15) is 9.61 Å². The van der Waals surface area contributed by atoms with Crippen LogP contribution in [0, 0.1) is 0 Å². The number of halogens is 3. The molecule has 11 heteroatoms. The maximum absolute atomic E-state index is 13.0. The molecule has 1 aliphatic heterocycles. The largest absolute Gasteiger partial charge is 0.573 e. The van der Waals surface area contributed by atoms with Gasteiger partial charge >= 0.3 is 6.36 Å². The number of fused-ring (bicyclic) bond motifs is 1.